The molecule has 1 atom stereocenters. The lowest BCUT2D eigenvalue weighted by molar-refractivity contribution is -0.137. The van der Waals surface area contributed by atoms with Crippen LogP contribution in [0.4, 0.5) is 13.2 Å². The molecule has 2 aromatic rings. The maximum absolute atomic E-state index is 13.0. The molecule has 1 unspecified atom stereocenters. The van der Waals surface area contributed by atoms with E-state index in [1.165, 1.54) is 32.5 Å². The molecule has 0 aliphatic heterocycles. The highest BCUT2D eigenvalue weighted by atomic mass is 19.4. The minimum absolute atomic E-state index is 0.0696. The fourth-order valence-corrected chi connectivity index (χ4v) is 2.73. The van der Waals surface area contributed by atoms with Crippen LogP contribution >= 0.6 is 0 Å². The quantitative estimate of drug-likeness (QED) is 0.732. The maximum Gasteiger partial charge on any atom is 0.416 e. The van der Waals surface area contributed by atoms with E-state index >= 15 is 0 Å². The van der Waals surface area contributed by atoms with Gasteiger partial charge in [0.25, 0.3) is 5.91 Å². The Bertz CT molecular complexity index is 878. The van der Waals surface area contributed by atoms with E-state index < -0.39 is 23.7 Å². The summed E-state index contributed by atoms with van der Waals surface area (Å²) in [7, 11) is 2.78. The monoisotopic (exact) mass is 412 g/mol. The van der Waals surface area contributed by atoms with Crippen molar-refractivity contribution in [1.82, 2.24) is 20.4 Å². The molecule has 0 radical (unpaired) electrons. The van der Waals surface area contributed by atoms with Crippen LogP contribution in [0.25, 0.3) is 5.69 Å². The van der Waals surface area contributed by atoms with Gasteiger partial charge in [-0.05, 0) is 30.5 Å². The van der Waals surface area contributed by atoms with Crippen molar-refractivity contribution < 1.29 is 27.5 Å². The van der Waals surface area contributed by atoms with Crippen molar-refractivity contribution >= 4 is 11.8 Å². The summed E-state index contributed by atoms with van der Waals surface area (Å²) in [6.45, 7) is 3.82. The number of carbonyl (C=O) groups is 2. The third kappa shape index (κ3) is 5.49. The summed E-state index contributed by atoms with van der Waals surface area (Å²) >= 11 is 0. The molecule has 158 valence electrons. The first-order chi connectivity index (χ1) is 13.6. The second-order valence-electron chi connectivity index (χ2n) is 6.81. The van der Waals surface area contributed by atoms with Crippen LogP contribution in [0.3, 0.4) is 0 Å². The van der Waals surface area contributed by atoms with E-state index in [-0.39, 0.29) is 29.0 Å². The number of methoxy groups -OCH3 is 1. The zero-order valence-electron chi connectivity index (χ0n) is 16.5. The molecule has 1 heterocycles. The lowest BCUT2D eigenvalue weighted by Gasteiger charge is -2.18. The molecule has 0 spiro atoms. The van der Waals surface area contributed by atoms with Crippen LogP contribution < -0.4 is 15.4 Å². The molecule has 2 N–H and O–H groups in total. The standard InChI is InChI=1S/C19H23F3N4O3/c1-11(2)8-14(17(27)23-3)24-18(28)16-15(29-4)10-26(25-16)13-7-5-6-12(9-13)19(20,21)22/h5-7,9-11,14H,8H2,1-4H3,(H,23,27)(H,24,28). The van der Waals surface area contributed by atoms with Crippen molar-refractivity contribution in [2.45, 2.75) is 32.5 Å². The van der Waals surface area contributed by atoms with Crippen molar-refractivity contribution in [1.29, 1.82) is 0 Å². The highest BCUT2D eigenvalue weighted by Crippen LogP contribution is 2.30. The number of nitrogens with zero attached hydrogens (tertiary/aromatic N) is 2. The number of likely N-dealkylation sites (N-methyl/N-ethyl adjacent to an activating group) is 1. The number of benzene rings is 1. The van der Waals surface area contributed by atoms with Gasteiger partial charge in [0.05, 0.1) is 24.6 Å². The normalized spacial score (nSPS) is 12.6. The van der Waals surface area contributed by atoms with Crippen molar-refractivity contribution in [2.75, 3.05) is 14.2 Å². The molecule has 2 rings (SSSR count). The topological polar surface area (TPSA) is 85.3 Å². The average Bonchev–Trinajstić information content (AvgIpc) is 3.10. The molecule has 7 nitrogen and oxygen atoms in total. The fraction of sp³-hybridized carbons (Fsp3) is 0.421. The number of amides is 2. The highest BCUT2D eigenvalue weighted by molar-refractivity contribution is 5.98. The largest absolute Gasteiger partial charge is 0.493 e. The van der Waals surface area contributed by atoms with Crippen molar-refractivity contribution in [3.63, 3.8) is 0 Å². The van der Waals surface area contributed by atoms with Crippen molar-refractivity contribution in [3.05, 3.63) is 41.7 Å². The Kier molecular flexibility index (Phi) is 6.89. The molecule has 10 heteroatoms. The third-order valence-corrected chi connectivity index (χ3v) is 4.13. The number of alkyl halides is 3. The van der Waals surface area contributed by atoms with Crippen LogP contribution in [0.5, 0.6) is 5.75 Å². The molecular formula is C19H23F3N4O3. The third-order valence-electron chi connectivity index (χ3n) is 4.13. The number of hydrogen-bond donors (Lipinski definition) is 2. The van der Waals surface area contributed by atoms with Crippen LogP contribution in [0.15, 0.2) is 30.5 Å². The maximum atomic E-state index is 13.0. The van der Waals surface area contributed by atoms with Crippen LogP contribution in [-0.4, -0.2) is 41.8 Å². The van der Waals surface area contributed by atoms with Gasteiger partial charge in [0.1, 0.15) is 6.04 Å². The van der Waals surface area contributed by atoms with Gasteiger partial charge in [0.15, 0.2) is 11.4 Å². The number of carbonyl (C=O) groups excluding carboxylic acids is 2. The van der Waals surface area contributed by atoms with Gasteiger partial charge in [0.2, 0.25) is 5.91 Å². The minimum atomic E-state index is -4.51. The van der Waals surface area contributed by atoms with E-state index in [0.717, 1.165) is 16.8 Å². The summed E-state index contributed by atoms with van der Waals surface area (Å²) in [5.41, 5.74) is -0.864. The number of hydrogen-bond acceptors (Lipinski definition) is 4. The lowest BCUT2D eigenvalue weighted by atomic mass is 10.0. The molecule has 0 saturated heterocycles. The fourth-order valence-electron chi connectivity index (χ4n) is 2.73. The number of rotatable bonds is 7. The molecule has 0 aliphatic carbocycles. The van der Waals surface area contributed by atoms with Crippen molar-refractivity contribution in [2.24, 2.45) is 5.92 Å². The Morgan fingerprint density at radius 2 is 1.97 bits per heavy atom. The number of aromatic nitrogens is 2. The Hall–Kier alpha value is -3.04. The number of halogens is 3. The SMILES string of the molecule is CNC(=O)C(CC(C)C)NC(=O)c1nn(-c2cccc(C(F)(F)F)c2)cc1OC. The highest BCUT2D eigenvalue weighted by Gasteiger charge is 2.31. The van der Waals surface area contributed by atoms with Crippen LogP contribution in [0.1, 0.15) is 36.3 Å². The molecule has 1 aromatic heterocycles. The first kappa shape index (κ1) is 22.3. The van der Waals surface area contributed by atoms with E-state index in [0.29, 0.717) is 6.42 Å². The van der Waals surface area contributed by atoms with Crippen LogP contribution in [0.2, 0.25) is 0 Å². The van der Waals surface area contributed by atoms with Gasteiger partial charge in [-0.25, -0.2) is 4.68 Å². The van der Waals surface area contributed by atoms with Gasteiger partial charge in [-0.15, -0.1) is 0 Å². The Balaban J connectivity index is 2.34. The summed E-state index contributed by atoms with van der Waals surface area (Å²) in [6, 6.07) is 3.75. The first-order valence-electron chi connectivity index (χ1n) is 8.90. The molecule has 0 fully saturated rings. The molecule has 0 saturated carbocycles. The van der Waals surface area contributed by atoms with Crippen LogP contribution in [-0.2, 0) is 11.0 Å². The second-order valence-corrected chi connectivity index (χ2v) is 6.81. The van der Waals surface area contributed by atoms with E-state index in [4.69, 9.17) is 4.74 Å². The predicted octanol–water partition coefficient (Wildman–Crippen LogP) is 2.79. The van der Waals surface area contributed by atoms with Gasteiger partial charge in [0, 0.05) is 7.05 Å². The predicted molar refractivity (Wildman–Crippen MR) is 99.9 cm³/mol. The Morgan fingerprint density at radius 3 is 2.52 bits per heavy atom. The summed E-state index contributed by atoms with van der Waals surface area (Å²) in [4.78, 5) is 24.7. The summed E-state index contributed by atoms with van der Waals surface area (Å²) in [5.74, 6) is -0.813. The molecule has 1 aromatic carbocycles. The lowest BCUT2D eigenvalue weighted by Crippen LogP contribution is -2.46. The van der Waals surface area contributed by atoms with Gasteiger partial charge < -0.3 is 15.4 Å². The minimum Gasteiger partial charge on any atom is -0.493 e. The molecule has 2 amide bonds. The Labute approximate surface area is 166 Å². The zero-order chi connectivity index (χ0) is 21.8. The zero-order valence-corrected chi connectivity index (χ0v) is 16.5. The van der Waals surface area contributed by atoms with E-state index in [1.807, 2.05) is 13.8 Å². The van der Waals surface area contributed by atoms with Gasteiger partial charge in [-0.2, -0.15) is 18.3 Å². The van der Waals surface area contributed by atoms with E-state index in [2.05, 4.69) is 15.7 Å². The van der Waals surface area contributed by atoms with Gasteiger partial charge in [-0.1, -0.05) is 19.9 Å². The summed E-state index contributed by atoms with van der Waals surface area (Å²) < 4.78 is 45.2. The molecular weight excluding hydrogens is 389 g/mol. The van der Waals surface area contributed by atoms with E-state index in [9.17, 15) is 22.8 Å². The molecule has 29 heavy (non-hydrogen) atoms. The van der Waals surface area contributed by atoms with Crippen molar-refractivity contribution in [3.8, 4) is 11.4 Å². The average molecular weight is 412 g/mol. The molecule has 0 aliphatic rings. The van der Waals surface area contributed by atoms with Crippen LogP contribution in [0, 0.1) is 5.92 Å². The number of nitrogens with one attached hydrogen (secondary N) is 2. The molecule has 0 bridgehead atoms. The van der Waals surface area contributed by atoms with Gasteiger partial charge in [-0.3, -0.25) is 9.59 Å². The smallest absolute Gasteiger partial charge is 0.416 e. The first-order valence-corrected chi connectivity index (χ1v) is 8.90. The second kappa shape index (κ2) is 8.97. The number of ether oxygens (including phenoxy) is 1. The van der Waals surface area contributed by atoms with E-state index in [1.54, 1.807) is 0 Å². The van der Waals surface area contributed by atoms with Gasteiger partial charge >= 0.3 is 6.18 Å². The summed E-state index contributed by atoms with van der Waals surface area (Å²) in [5, 5.41) is 9.17. The Morgan fingerprint density at radius 1 is 1.28 bits per heavy atom. The summed E-state index contributed by atoms with van der Waals surface area (Å²) in [6.07, 6.45) is -2.80.